The van der Waals surface area contributed by atoms with Gasteiger partial charge in [-0.2, -0.15) is 0 Å². The molecule has 1 aliphatic heterocycles. The second kappa shape index (κ2) is 13.9. The lowest BCUT2D eigenvalue weighted by Gasteiger charge is -2.54. The van der Waals surface area contributed by atoms with E-state index in [-0.39, 0.29) is 47.5 Å². The number of likely N-dealkylation sites (N-methyl/N-ethyl adjacent to an activating group) is 2. The Kier molecular flexibility index (Phi) is 11.3. The minimum atomic E-state index is -2.89. The average Bonchev–Trinajstić information content (AvgIpc) is 2.99. The van der Waals surface area contributed by atoms with Gasteiger partial charge < -0.3 is 29.6 Å². The number of benzene rings is 2. The van der Waals surface area contributed by atoms with Gasteiger partial charge in [0.15, 0.2) is 12.0 Å². The highest BCUT2D eigenvalue weighted by atomic mass is 19.1. The molecular formula is C29H32B6FN3O6. The number of halogens is 1. The van der Waals surface area contributed by atoms with Crippen molar-refractivity contribution in [1.29, 1.82) is 0 Å². The fraction of sp³-hybridized carbons (Fsp3) is 0.483. The summed E-state index contributed by atoms with van der Waals surface area (Å²) in [6.45, 7) is 4.03. The van der Waals surface area contributed by atoms with Crippen LogP contribution in [0.5, 0.6) is 5.75 Å². The molecule has 2 aromatic carbocycles. The summed E-state index contributed by atoms with van der Waals surface area (Å²) in [6, 6.07) is 8.72. The van der Waals surface area contributed by atoms with Crippen LogP contribution >= 0.6 is 0 Å². The van der Waals surface area contributed by atoms with Gasteiger partial charge in [-0.05, 0) is 50.0 Å². The molecule has 2 N–H and O–H groups in total. The molecule has 224 valence electrons. The maximum Gasteiger partial charge on any atom is 0.266 e. The molecule has 45 heavy (non-hydrogen) atoms. The molecule has 1 heterocycles. The molecule has 16 heteroatoms. The molecule has 9 nitrogen and oxygen atoms in total. The van der Waals surface area contributed by atoms with Crippen molar-refractivity contribution in [3.63, 3.8) is 0 Å². The predicted molar refractivity (Wildman–Crippen MR) is 172 cm³/mol. The summed E-state index contributed by atoms with van der Waals surface area (Å²) in [5.41, 5.74) is -2.07. The van der Waals surface area contributed by atoms with Gasteiger partial charge in [-0.15, -0.1) is 0 Å². The van der Waals surface area contributed by atoms with Gasteiger partial charge in [0, 0.05) is 43.4 Å². The molecular weight excluding hydrogens is 570 g/mol. The van der Waals surface area contributed by atoms with Gasteiger partial charge in [0.05, 0.1) is 59.3 Å². The van der Waals surface area contributed by atoms with Gasteiger partial charge in [0.1, 0.15) is 24.5 Å². The molecule has 3 atom stereocenters. The summed E-state index contributed by atoms with van der Waals surface area (Å²) in [4.78, 5) is 39.4. The Morgan fingerprint density at radius 2 is 1.76 bits per heavy atom. The highest BCUT2D eigenvalue weighted by Gasteiger charge is 2.57. The van der Waals surface area contributed by atoms with Crippen LogP contribution in [0.25, 0.3) is 0 Å². The van der Waals surface area contributed by atoms with Crippen LogP contribution in [0.2, 0.25) is 10.4 Å². The van der Waals surface area contributed by atoms with Crippen molar-refractivity contribution >= 4 is 65.6 Å². The normalized spacial score (nSPS) is 19.4. The standard InChI is InChI=1S/C29H32B6FN3O6/c1-17-11-39(12-18(2)45-17)28(32,33)21-8-9-23(36)20(10-21)15-44-24-7-5-6-19(14-40)22(24)13-38(4)27(43,25(42)37-3)29(34,35)26(30,31)16-41/h5-10,14,16-18,43H,11-13,15H2,1-4H3,(H,37,42). The number of carbonyl (C=O) groups is 3. The Bertz CT molecular complexity index is 1410. The number of aliphatic hydroxyl groups is 1. The zero-order valence-electron chi connectivity index (χ0n) is 25.8. The number of rotatable bonds is 13. The summed E-state index contributed by atoms with van der Waals surface area (Å²) in [5, 5.41) is 7.04. The second-order valence-corrected chi connectivity index (χ2v) is 11.6. The van der Waals surface area contributed by atoms with Crippen LogP contribution in [0, 0.1) is 5.82 Å². The fourth-order valence-electron chi connectivity index (χ4n) is 5.35. The predicted octanol–water partition coefficient (Wildman–Crippen LogP) is -0.255. The summed E-state index contributed by atoms with van der Waals surface area (Å²) in [7, 11) is 39.2. The Hall–Kier alpha value is -2.79. The Balaban J connectivity index is 1.96. The first-order valence-corrected chi connectivity index (χ1v) is 14.1. The van der Waals surface area contributed by atoms with E-state index in [2.05, 4.69) is 5.32 Å². The van der Waals surface area contributed by atoms with E-state index in [0.717, 1.165) is 4.90 Å². The molecule has 3 unspecified atom stereocenters. The number of aldehydes is 2. The number of amides is 1. The van der Waals surface area contributed by atoms with Gasteiger partial charge in [-0.3, -0.25) is 14.5 Å². The summed E-state index contributed by atoms with van der Waals surface area (Å²) in [5.74, 6) is -1.64. The van der Waals surface area contributed by atoms with Crippen molar-refractivity contribution in [1.82, 2.24) is 15.1 Å². The topological polar surface area (TPSA) is 108 Å². The number of nitrogens with one attached hydrogen (secondary N) is 1. The maximum atomic E-state index is 15.0. The van der Waals surface area contributed by atoms with E-state index in [1.807, 2.05) is 18.7 Å². The molecule has 0 bridgehead atoms. The van der Waals surface area contributed by atoms with Crippen molar-refractivity contribution in [2.24, 2.45) is 0 Å². The first-order valence-electron chi connectivity index (χ1n) is 14.1. The third kappa shape index (κ3) is 7.14. The van der Waals surface area contributed by atoms with Crippen molar-refractivity contribution in [3.8, 4) is 5.75 Å². The van der Waals surface area contributed by atoms with E-state index in [1.54, 1.807) is 0 Å². The van der Waals surface area contributed by atoms with Crippen molar-refractivity contribution in [2.45, 2.75) is 60.7 Å². The van der Waals surface area contributed by atoms with Crippen LogP contribution in [-0.4, -0.2) is 126 Å². The van der Waals surface area contributed by atoms with Gasteiger partial charge in [-0.1, -0.05) is 28.6 Å². The van der Waals surface area contributed by atoms with Crippen molar-refractivity contribution in [2.75, 3.05) is 27.2 Å². The van der Waals surface area contributed by atoms with Crippen LogP contribution in [-0.2, 0) is 32.8 Å². The minimum Gasteiger partial charge on any atom is -0.488 e. The average molecular weight is 602 g/mol. The molecule has 0 aromatic heterocycles. The number of ether oxygens (including phenoxy) is 2. The van der Waals surface area contributed by atoms with Gasteiger partial charge in [-0.25, -0.2) is 4.39 Å². The monoisotopic (exact) mass is 603 g/mol. The molecule has 1 amide bonds. The third-order valence-electron chi connectivity index (χ3n) is 8.11. The zero-order chi connectivity index (χ0) is 34.0. The lowest BCUT2D eigenvalue weighted by atomic mass is 9.27. The lowest BCUT2D eigenvalue weighted by Crippen LogP contribution is -2.67. The second-order valence-electron chi connectivity index (χ2n) is 11.6. The largest absolute Gasteiger partial charge is 0.488 e. The number of nitrogens with zero attached hydrogens (tertiary/aromatic N) is 2. The maximum absolute atomic E-state index is 15.0. The number of morpholine rings is 1. The van der Waals surface area contributed by atoms with Gasteiger partial charge in [0.25, 0.3) is 5.91 Å². The SMILES string of the molecule is [B]C([B])(c1ccc(F)c(COc2cccc(C=O)c2CN(C)C(O)(C(=O)NC)C([B])([B])C([B])([B])C=O)c1)N1CC(C)OC(C)C1. The highest BCUT2D eigenvalue weighted by Crippen LogP contribution is 2.50. The van der Waals surface area contributed by atoms with E-state index in [1.165, 1.54) is 50.5 Å². The third-order valence-corrected chi connectivity index (χ3v) is 8.11. The van der Waals surface area contributed by atoms with Gasteiger partial charge in [0.2, 0.25) is 0 Å². The quantitative estimate of drug-likeness (QED) is 0.184. The number of carbonyl (C=O) groups excluding carboxylic acids is 3. The van der Waals surface area contributed by atoms with E-state index in [9.17, 15) is 19.5 Å². The first kappa shape index (κ1) is 36.7. The van der Waals surface area contributed by atoms with E-state index >= 15 is 4.39 Å². The zero-order valence-corrected chi connectivity index (χ0v) is 25.8. The molecule has 2 aromatic rings. The molecule has 1 saturated heterocycles. The number of hydrogen-bond acceptors (Lipinski definition) is 8. The van der Waals surface area contributed by atoms with Crippen LogP contribution in [0.1, 0.15) is 40.9 Å². The Morgan fingerprint density at radius 3 is 2.31 bits per heavy atom. The molecule has 12 radical (unpaired) electrons. The van der Waals surface area contributed by atoms with Crippen molar-refractivity contribution < 1.29 is 33.4 Å². The van der Waals surface area contributed by atoms with Crippen LogP contribution < -0.4 is 10.1 Å². The van der Waals surface area contributed by atoms with Gasteiger partial charge >= 0.3 is 0 Å². The summed E-state index contributed by atoms with van der Waals surface area (Å²) < 4.78 is 26.8. The van der Waals surface area contributed by atoms with Crippen LogP contribution in [0.4, 0.5) is 4.39 Å². The van der Waals surface area contributed by atoms with Crippen LogP contribution in [0.3, 0.4) is 0 Å². The lowest BCUT2D eigenvalue weighted by molar-refractivity contribution is -0.167. The van der Waals surface area contributed by atoms with E-state index in [4.69, 9.17) is 56.6 Å². The Morgan fingerprint density at radius 1 is 1.13 bits per heavy atom. The van der Waals surface area contributed by atoms with Crippen molar-refractivity contribution in [3.05, 3.63) is 64.5 Å². The molecule has 1 fully saturated rings. The molecule has 0 aliphatic carbocycles. The minimum absolute atomic E-state index is 0.00289. The molecule has 3 rings (SSSR count). The van der Waals surface area contributed by atoms with E-state index < -0.39 is 39.8 Å². The molecule has 0 saturated carbocycles. The summed E-state index contributed by atoms with van der Waals surface area (Å²) in [6.07, 6.45) is 0.305. The van der Waals surface area contributed by atoms with E-state index in [0.29, 0.717) is 24.9 Å². The molecule has 0 spiro atoms. The number of hydrogen-bond donors (Lipinski definition) is 2. The molecule has 1 aliphatic rings. The smallest absolute Gasteiger partial charge is 0.266 e. The highest BCUT2D eigenvalue weighted by molar-refractivity contribution is 6.60. The summed E-state index contributed by atoms with van der Waals surface area (Å²) >= 11 is 0. The fourth-order valence-corrected chi connectivity index (χ4v) is 5.35. The first-order chi connectivity index (χ1) is 20.9. The Labute approximate surface area is 271 Å². The van der Waals surface area contributed by atoms with Crippen LogP contribution in [0.15, 0.2) is 36.4 Å².